The maximum atomic E-state index is 12.8. The molecule has 34 heavy (non-hydrogen) atoms. The highest BCUT2D eigenvalue weighted by molar-refractivity contribution is 6.04. The molecular weight excluding hydrogens is 455 g/mol. The Balaban J connectivity index is 1.60. The molecule has 2 N–H and O–H groups in total. The Bertz CT molecular complexity index is 1180. The molecule has 0 aliphatic heterocycles. The fourth-order valence-electron chi connectivity index (χ4n) is 2.93. The molecule has 3 aromatic rings. The first kappa shape index (κ1) is 24.4. The van der Waals surface area contributed by atoms with Gasteiger partial charge in [-0.15, -0.1) is 13.2 Å². The number of carbonyl (C=O) groups excluding carboxylic acids is 3. The molecule has 0 saturated heterocycles. The maximum Gasteiger partial charge on any atom is 0.573 e. The van der Waals surface area contributed by atoms with Crippen LogP contribution < -0.4 is 15.4 Å². The Morgan fingerprint density at radius 1 is 1.03 bits per heavy atom. The lowest BCUT2D eigenvalue weighted by Crippen LogP contribution is -2.35. The molecule has 0 atom stereocenters. The zero-order chi connectivity index (χ0) is 24.9. The zero-order valence-electron chi connectivity index (χ0n) is 18.1. The number of furan rings is 1. The first-order valence-electron chi connectivity index (χ1n) is 9.88. The lowest BCUT2D eigenvalue weighted by atomic mass is 10.1. The average molecular weight is 475 g/mol. The quantitative estimate of drug-likeness (QED) is 0.526. The van der Waals surface area contributed by atoms with Gasteiger partial charge in [0.15, 0.2) is 5.76 Å². The van der Waals surface area contributed by atoms with Gasteiger partial charge >= 0.3 is 6.36 Å². The van der Waals surface area contributed by atoms with Crippen molar-refractivity contribution in [1.82, 2.24) is 4.90 Å². The van der Waals surface area contributed by atoms with Crippen LogP contribution in [0.25, 0.3) is 0 Å². The van der Waals surface area contributed by atoms with Crippen LogP contribution in [-0.4, -0.2) is 42.6 Å². The van der Waals surface area contributed by atoms with Crippen molar-refractivity contribution in [1.29, 1.82) is 0 Å². The predicted molar refractivity (Wildman–Crippen MR) is 117 cm³/mol. The second-order valence-electron chi connectivity index (χ2n) is 7.24. The first-order valence-corrected chi connectivity index (χ1v) is 9.88. The zero-order valence-corrected chi connectivity index (χ0v) is 18.1. The number of rotatable bonds is 7. The maximum absolute atomic E-state index is 12.8. The van der Waals surface area contributed by atoms with E-state index in [1.165, 1.54) is 42.5 Å². The van der Waals surface area contributed by atoms with Gasteiger partial charge in [0, 0.05) is 24.0 Å². The number of halogens is 3. The van der Waals surface area contributed by atoms with Gasteiger partial charge in [-0.1, -0.05) is 6.07 Å². The van der Waals surface area contributed by atoms with E-state index in [9.17, 15) is 27.6 Å². The monoisotopic (exact) mass is 475 g/mol. The molecule has 0 radical (unpaired) electrons. The van der Waals surface area contributed by atoms with Crippen molar-refractivity contribution in [3.05, 3.63) is 77.7 Å². The summed E-state index contributed by atoms with van der Waals surface area (Å²) in [6.07, 6.45) is -3.45. The third kappa shape index (κ3) is 6.61. The molecule has 2 aromatic carbocycles. The molecule has 1 aromatic heterocycles. The summed E-state index contributed by atoms with van der Waals surface area (Å²) in [7, 11) is 1.42. The molecule has 0 bridgehead atoms. The molecule has 0 aliphatic rings. The van der Waals surface area contributed by atoms with Crippen LogP contribution in [0.2, 0.25) is 0 Å². The summed E-state index contributed by atoms with van der Waals surface area (Å²) in [5.41, 5.74) is 1.60. The Morgan fingerprint density at radius 2 is 1.74 bits per heavy atom. The highest BCUT2D eigenvalue weighted by Crippen LogP contribution is 2.24. The highest BCUT2D eigenvalue weighted by atomic mass is 19.4. The third-order valence-electron chi connectivity index (χ3n) is 4.58. The van der Waals surface area contributed by atoms with E-state index in [2.05, 4.69) is 15.4 Å². The van der Waals surface area contributed by atoms with Gasteiger partial charge < -0.3 is 24.7 Å². The normalized spacial score (nSPS) is 11.0. The number of anilines is 2. The number of hydrogen-bond donors (Lipinski definition) is 2. The molecule has 3 amide bonds. The summed E-state index contributed by atoms with van der Waals surface area (Å²) in [4.78, 5) is 38.5. The van der Waals surface area contributed by atoms with Crippen molar-refractivity contribution in [2.75, 3.05) is 24.2 Å². The molecule has 8 nitrogen and oxygen atoms in total. The average Bonchev–Trinajstić information content (AvgIpc) is 3.30. The molecular formula is C23H20F3N3O5. The standard InChI is InChI=1S/C23H20F3N3O5/c1-14-5-6-15(12-18(14)28-21(31)19-4-3-11-33-19)22(32)29(2)13-20(30)27-16-7-9-17(10-8-16)34-23(24,25)26/h3-12H,13H2,1-2H3,(H,27,30)(H,28,31). The number of carbonyl (C=O) groups is 3. The smallest absolute Gasteiger partial charge is 0.459 e. The van der Waals surface area contributed by atoms with Crippen molar-refractivity contribution in [2.45, 2.75) is 13.3 Å². The Labute approximate surface area is 192 Å². The SMILES string of the molecule is Cc1ccc(C(=O)N(C)CC(=O)Nc2ccc(OC(F)(F)F)cc2)cc1NC(=O)c1ccco1. The summed E-state index contributed by atoms with van der Waals surface area (Å²) in [6, 6.07) is 12.4. The Hall–Kier alpha value is -4.28. The van der Waals surface area contributed by atoms with E-state index in [-0.39, 0.29) is 23.6 Å². The Morgan fingerprint density at radius 3 is 2.35 bits per heavy atom. The van der Waals surface area contributed by atoms with E-state index in [0.717, 1.165) is 17.7 Å². The number of benzene rings is 2. The van der Waals surface area contributed by atoms with Gasteiger partial charge in [-0.3, -0.25) is 14.4 Å². The number of nitrogens with one attached hydrogen (secondary N) is 2. The molecule has 0 fully saturated rings. The van der Waals surface area contributed by atoms with Gasteiger partial charge in [-0.25, -0.2) is 0 Å². The van der Waals surface area contributed by atoms with Crippen LogP contribution >= 0.6 is 0 Å². The second kappa shape index (κ2) is 10.1. The molecule has 178 valence electrons. The van der Waals surface area contributed by atoms with Crippen molar-refractivity contribution < 1.29 is 36.7 Å². The van der Waals surface area contributed by atoms with Crippen LogP contribution in [0.1, 0.15) is 26.5 Å². The van der Waals surface area contributed by atoms with Crippen molar-refractivity contribution >= 4 is 29.1 Å². The largest absolute Gasteiger partial charge is 0.573 e. The van der Waals surface area contributed by atoms with Gasteiger partial charge in [0.1, 0.15) is 5.75 Å². The lowest BCUT2D eigenvalue weighted by Gasteiger charge is -2.18. The second-order valence-corrected chi connectivity index (χ2v) is 7.24. The van der Waals surface area contributed by atoms with Crippen LogP contribution in [-0.2, 0) is 4.79 Å². The third-order valence-corrected chi connectivity index (χ3v) is 4.58. The summed E-state index contributed by atoms with van der Waals surface area (Å²) < 4.78 is 45.5. The minimum Gasteiger partial charge on any atom is -0.459 e. The van der Waals surface area contributed by atoms with Gasteiger partial charge in [0.25, 0.3) is 11.8 Å². The lowest BCUT2D eigenvalue weighted by molar-refractivity contribution is -0.274. The molecule has 0 saturated carbocycles. The number of amides is 3. The molecule has 0 aliphatic carbocycles. The summed E-state index contributed by atoms with van der Waals surface area (Å²) in [5.74, 6) is -1.82. The van der Waals surface area contributed by atoms with Crippen molar-refractivity contribution in [3.63, 3.8) is 0 Å². The topological polar surface area (TPSA) is 101 Å². The number of hydrogen-bond acceptors (Lipinski definition) is 5. The Kier molecular flexibility index (Phi) is 7.24. The van der Waals surface area contributed by atoms with Crippen LogP contribution in [0.3, 0.4) is 0 Å². The van der Waals surface area contributed by atoms with Crippen LogP contribution in [0, 0.1) is 6.92 Å². The van der Waals surface area contributed by atoms with Gasteiger partial charge in [-0.2, -0.15) is 0 Å². The number of aryl methyl sites for hydroxylation is 1. The molecule has 0 spiro atoms. The predicted octanol–water partition coefficient (Wildman–Crippen LogP) is 4.45. The van der Waals surface area contributed by atoms with E-state index >= 15 is 0 Å². The number of ether oxygens (including phenoxy) is 1. The first-order chi connectivity index (χ1) is 16.0. The van der Waals surface area contributed by atoms with Crippen LogP contribution in [0.15, 0.2) is 65.3 Å². The molecule has 1 heterocycles. The van der Waals surface area contributed by atoms with Crippen molar-refractivity contribution in [3.8, 4) is 5.75 Å². The van der Waals surface area contributed by atoms with Crippen LogP contribution in [0.5, 0.6) is 5.75 Å². The minimum absolute atomic E-state index is 0.114. The van der Waals surface area contributed by atoms with E-state index in [0.29, 0.717) is 5.69 Å². The highest BCUT2D eigenvalue weighted by Gasteiger charge is 2.31. The van der Waals surface area contributed by atoms with E-state index in [1.54, 1.807) is 25.1 Å². The minimum atomic E-state index is -4.81. The van der Waals surface area contributed by atoms with E-state index in [4.69, 9.17) is 4.42 Å². The van der Waals surface area contributed by atoms with Gasteiger partial charge in [0.2, 0.25) is 5.91 Å². The number of nitrogens with zero attached hydrogens (tertiary/aromatic N) is 1. The summed E-state index contributed by atoms with van der Waals surface area (Å²) >= 11 is 0. The molecule has 0 unspecified atom stereocenters. The van der Waals surface area contributed by atoms with E-state index in [1.807, 2.05) is 0 Å². The van der Waals surface area contributed by atoms with Crippen LogP contribution in [0.4, 0.5) is 24.5 Å². The fraction of sp³-hybridized carbons (Fsp3) is 0.174. The molecule has 3 rings (SSSR count). The number of likely N-dealkylation sites (N-methyl/N-ethyl adjacent to an activating group) is 1. The van der Waals surface area contributed by atoms with E-state index < -0.39 is 29.8 Å². The van der Waals surface area contributed by atoms with Crippen molar-refractivity contribution in [2.24, 2.45) is 0 Å². The number of alkyl halides is 3. The van der Waals surface area contributed by atoms with Gasteiger partial charge in [0.05, 0.1) is 12.8 Å². The fourth-order valence-corrected chi connectivity index (χ4v) is 2.93. The summed E-state index contributed by atoms with van der Waals surface area (Å²) in [5, 5.41) is 5.17. The molecule has 11 heteroatoms. The van der Waals surface area contributed by atoms with Gasteiger partial charge in [-0.05, 0) is 61.0 Å². The summed E-state index contributed by atoms with van der Waals surface area (Å²) in [6.45, 7) is 1.44.